The van der Waals surface area contributed by atoms with Gasteiger partial charge < -0.3 is 26.2 Å². The van der Waals surface area contributed by atoms with Gasteiger partial charge in [-0.2, -0.15) is 4.94 Å². The molecule has 1 saturated heterocycles. The molecule has 0 amide bonds. The summed E-state index contributed by atoms with van der Waals surface area (Å²) in [6.45, 7) is 13.1. The number of halogens is 2. The van der Waals surface area contributed by atoms with Crippen molar-refractivity contribution in [3.63, 3.8) is 0 Å². The van der Waals surface area contributed by atoms with Crippen LogP contribution in [0.2, 0.25) is 0 Å². The van der Waals surface area contributed by atoms with Crippen LogP contribution < -0.4 is 11.1 Å². The maximum Gasteiger partial charge on any atom is 0.139 e. The number of nitrogens with one attached hydrogen (secondary N) is 2. The number of pyridine rings is 1. The van der Waals surface area contributed by atoms with E-state index in [1.807, 2.05) is 12.1 Å². The molecule has 1 aliphatic heterocycles. The maximum absolute atomic E-state index is 13.9. The van der Waals surface area contributed by atoms with Crippen LogP contribution in [0.3, 0.4) is 0 Å². The van der Waals surface area contributed by atoms with E-state index in [4.69, 9.17) is 10.4 Å². The summed E-state index contributed by atoms with van der Waals surface area (Å²) in [7, 11) is 2.46. The van der Waals surface area contributed by atoms with Crippen molar-refractivity contribution in [3.8, 4) is 11.1 Å². The molecule has 1 spiro atoms. The Hall–Kier alpha value is -3.69. The number of carbonyl (C=O) groups is 1. The minimum absolute atomic E-state index is 0.122. The van der Waals surface area contributed by atoms with Crippen LogP contribution in [0.5, 0.6) is 0 Å². The highest BCUT2D eigenvalue weighted by molar-refractivity contribution is 6.04. The molecule has 256 valence electrons. The molecule has 7 nitrogen and oxygen atoms in total. The van der Waals surface area contributed by atoms with Crippen LogP contribution in [-0.2, 0) is 16.2 Å². The molecule has 47 heavy (non-hydrogen) atoms. The van der Waals surface area contributed by atoms with Gasteiger partial charge in [0.1, 0.15) is 12.1 Å². The van der Waals surface area contributed by atoms with Crippen LogP contribution in [0.15, 0.2) is 48.7 Å². The second-order valence-corrected chi connectivity index (χ2v) is 12.8. The number of carbonyl (C=O) groups excluding carboxylic acids is 1. The number of benzene rings is 2. The Morgan fingerprint density at radius 1 is 1.17 bits per heavy atom. The largest absolute Gasteiger partial charge is 0.384 e. The van der Waals surface area contributed by atoms with Gasteiger partial charge in [0.15, 0.2) is 0 Å². The van der Waals surface area contributed by atoms with E-state index >= 15 is 0 Å². The third-order valence-corrected chi connectivity index (χ3v) is 9.45. The summed E-state index contributed by atoms with van der Waals surface area (Å²) in [6.07, 6.45) is 11.2. The summed E-state index contributed by atoms with van der Waals surface area (Å²) in [6, 6.07) is 11.0. The lowest BCUT2D eigenvalue weighted by atomic mass is 9.59. The zero-order valence-corrected chi connectivity index (χ0v) is 28.8. The monoisotopic (exact) mass is 649 g/mol. The number of likely N-dealkylation sites (tertiary alicyclic amines) is 1. The molecule has 1 aliphatic carbocycles. The minimum atomic E-state index is -0.257. The number of aldehydes is 1. The first kappa shape index (κ1) is 37.8. The van der Waals surface area contributed by atoms with E-state index in [9.17, 15) is 13.7 Å². The highest BCUT2D eigenvalue weighted by Gasteiger charge is 2.50. The number of fused-ring (bicyclic) bond motifs is 1. The number of anilines is 1. The van der Waals surface area contributed by atoms with Crippen LogP contribution in [0.1, 0.15) is 88.6 Å². The number of rotatable bonds is 13. The standard InChI is InChI=1S/C36H45FN4O.CH3FO.CH5N/c1-5-6-7-8-14-39-32-20-30-31(19-28(32)23-38)34(27-9-11-29(37)12-10-27)35(24(2)3)40-33(30)18-26-21-36(22-26)13-15-41(16-17-42)25(36)4;1-3-2;1-2/h9-12,17,19-20,23-24,26,38-39H,4-8,13-16,18,21-22H2,1-3H3;1H3;2H2,1H3. The average molecular weight is 650 g/mol. The molecule has 1 aromatic heterocycles. The topological polar surface area (TPSA) is 104 Å². The first-order valence-corrected chi connectivity index (χ1v) is 16.8. The third-order valence-electron chi connectivity index (χ3n) is 9.45. The van der Waals surface area contributed by atoms with Gasteiger partial charge >= 0.3 is 0 Å². The van der Waals surface area contributed by atoms with Gasteiger partial charge in [-0.15, -0.1) is 0 Å². The van der Waals surface area contributed by atoms with Gasteiger partial charge in [0.25, 0.3) is 0 Å². The van der Waals surface area contributed by atoms with Crippen molar-refractivity contribution in [3.05, 3.63) is 71.4 Å². The molecule has 1 saturated carbocycles. The summed E-state index contributed by atoms with van der Waals surface area (Å²) < 4.78 is 23.7. The average Bonchev–Trinajstić information content (AvgIpc) is 3.37. The summed E-state index contributed by atoms with van der Waals surface area (Å²) in [5.41, 5.74) is 11.7. The van der Waals surface area contributed by atoms with Crippen molar-refractivity contribution in [2.45, 2.75) is 78.1 Å². The summed E-state index contributed by atoms with van der Waals surface area (Å²) in [4.78, 5) is 21.4. The molecule has 2 aromatic carbocycles. The Balaban J connectivity index is 0.00000114. The predicted molar refractivity (Wildman–Crippen MR) is 190 cm³/mol. The first-order chi connectivity index (χ1) is 22.7. The van der Waals surface area contributed by atoms with E-state index < -0.39 is 0 Å². The van der Waals surface area contributed by atoms with Crippen molar-refractivity contribution < 1.29 is 18.7 Å². The lowest BCUT2D eigenvalue weighted by molar-refractivity contribution is -0.108. The van der Waals surface area contributed by atoms with E-state index in [0.717, 1.165) is 109 Å². The van der Waals surface area contributed by atoms with Gasteiger partial charge in [-0.25, -0.2) is 4.39 Å². The van der Waals surface area contributed by atoms with Crippen LogP contribution in [0.4, 0.5) is 14.6 Å². The Morgan fingerprint density at radius 3 is 2.45 bits per heavy atom. The van der Waals surface area contributed by atoms with Gasteiger partial charge in [-0.3, -0.25) is 4.98 Å². The molecule has 5 rings (SSSR count). The maximum atomic E-state index is 13.9. The van der Waals surface area contributed by atoms with Gasteiger partial charge in [0, 0.05) is 58.3 Å². The molecule has 2 heterocycles. The zero-order chi connectivity index (χ0) is 34.6. The van der Waals surface area contributed by atoms with Crippen LogP contribution in [-0.4, -0.2) is 56.2 Å². The number of nitrogens with two attached hydrogens (primary N) is 1. The Kier molecular flexibility index (Phi) is 14.5. The lowest BCUT2D eigenvalue weighted by Crippen LogP contribution is -2.39. The molecule has 9 heteroatoms. The fourth-order valence-electron chi connectivity index (χ4n) is 7.16. The van der Waals surface area contributed by atoms with Gasteiger partial charge in [-0.05, 0) is 90.7 Å². The number of aromatic nitrogens is 1. The van der Waals surface area contributed by atoms with Crippen molar-refractivity contribution in [1.82, 2.24) is 9.88 Å². The quantitative estimate of drug-likeness (QED) is 0.0973. The Morgan fingerprint density at radius 2 is 1.85 bits per heavy atom. The SMILES string of the molecule is C=C1N(CC=O)CCC12CC(Cc1nc(C(C)C)c(-c3ccc(F)cc3)c3cc(C=N)c(NCCCCCC)cc13)C2.CN.COF. The molecule has 0 radical (unpaired) electrons. The van der Waals surface area contributed by atoms with E-state index in [-0.39, 0.29) is 17.2 Å². The van der Waals surface area contributed by atoms with E-state index in [0.29, 0.717) is 12.5 Å². The van der Waals surface area contributed by atoms with Crippen molar-refractivity contribution in [2.75, 3.05) is 39.1 Å². The van der Waals surface area contributed by atoms with Gasteiger partial charge in [0.05, 0.1) is 19.3 Å². The first-order valence-electron chi connectivity index (χ1n) is 16.8. The summed E-state index contributed by atoms with van der Waals surface area (Å²) >= 11 is 0. The predicted octanol–water partition coefficient (Wildman–Crippen LogP) is 8.60. The lowest BCUT2D eigenvalue weighted by Gasteiger charge is -2.46. The van der Waals surface area contributed by atoms with Crippen molar-refractivity contribution in [1.29, 1.82) is 5.41 Å². The van der Waals surface area contributed by atoms with Crippen molar-refractivity contribution >= 4 is 29.0 Å². The number of allylic oxidation sites excluding steroid dienone is 1. The molecule has 2 aliphatic rings. The normalized spacial score (nSPS) is 18.4. The molecule has 0 bridgehead atoms. The highest BCUT2D eigenvalue weighted by Crippen LogP contribution is 2.58. The minimum Gasteiger partial charge on any atom is -0.384 e. The van der Waals surface area contributed by atoms with Crippen molar-refractivity contribution in [2.24, 2.45) is 17.1 Å². The second kappa shape index (κ2) is 18.0. The molecular formula is C38H53F2N5O2. The van der Waals surface area contributed by atoms with Gasteiger partial charge in [0.2, 0.25) is 0 Å². The Bertz CT molecular complexity index is 1490. The summed E-state index contributed by atoms with van der Waals surface area (Å²) in [5, 5.41) is 14.0. The van der Waals surface area contributed by atoms with E-state index in [1.54, 1.807) is 0 Å². The number of hydrogen-bond donors (Lipinski definition) is 3. The molecule has 4 N–H and O–H groups in total. The molecule has 0 unspecified atom stereocenters. The van der Waals surface area contributed by atoms with Gasteiger partial charge in [-0.1, -0.05) is 58.7 Å². The number of hydrogen-bond acceptors (Lipinski definition) is 7. The number of unbranched alkanes of at least 4 members (excludes halogenated alkanes) is 3. The second-order valence-electron chi connectivity index (χ2n) is 12.8. The summed E-state index contributed by atoms with van der Waals surface area (Å²) in [5.74, 6) is 0.415. The van der Waals surface area contributed by atoms with Crippen LogP contribution in [0.25, 0.3) is 21.9 Å². The van der Waals surface area contributed by atoms with E-state index in [1.165, 1.54) is 44.7 Å². The highest BCUT2D eigenvalue weighted by atomic mass is 19.3. The molecule has 3 aromatic rings. The fraction of sp³-hybridized carbons (Fsp3) is 0.500. The fourth-order valence-corrected chi connectivity index (χ4v) is 7.16. The van der Waals surface area contributed by atoms with Crippen LogP contribution >= 0.6 is 0 Å². The third kappa shape index (κ3) is 8.82. The van der Waals surface area contributed by atoms with E-state index in [2.05, 4.69) is 60.4 Å². The van der Waals surface area contributed by atoms with Crippen LogP contribution in [0, 0.1) is 22.6 Å². The molecular weight excluding hydrogens is 596 g/mol. The zero-order valence-electron chi connectivity index (χ0n) is 28.8. The smallest absolute Gasteiger partial charge is 0.139 e. The molecule has 2 fully saturated rings. The molecule has 0 atom stereocenters. The number of nitrogens with zero attached hydrogens (tertiary/aromatic N) is 2. The Labute approximate surface area is 279 Å².